The molecule has 0 bridgehead atoms. The normalized spacial score (nSPS) is 24.5. The molecule has 1 saturated heterocycles. The van der Waals surface area contributed by atoms with Gasteiger partial charge in [-0.25, -0.2) is 0 Å². The minimum atomic E-state index is -0.364. The number of piperidine rings is 1. The van der Waals surface area contributed by atoms with Gasteiger partial charge in [0.2, 0.25) is 0 Å². The number of nitrogens with zero attached hydrogens (tertiary/aromatic N) is 1. The Bertz CT molecular complexity index is 270. The SMILES string of the molecule is OC(c1cccnc1)C1CCCNC1. The Kier molecular flexibility index (Phi) is 3.11. The van der Waals surface area contributed by atoms with Crippen molar-refractivity contribution in [3.63, 3.8) is 0 Å². The number of pyridine rings is 1. The highest BCUT2D eigenvalue weighted by atomic mass is 16.3. The Morgan fingerprint density at radius 1 is 1.57 bits per heavy atom. The van der Waals surface area contributed by atoms with E-state index in [1.54, 1.807) is 12.4 Å². The largest absolute Gasteiger partial charge is 0.388 e. The molecule has 1 fully saturated rings. The Morgan fingerprint density at radius 2 is 2.50 bits per heavy atom. The first kappa shape index (κ1) is 9.62. The molecule has 0 spiro atoms. The minimum Gasteiger partial charge on any atom is -0.388 e. The zero-order valence-corrected chi connectivity index (χ0v) is 8.19. The van der Waals surface area contributed by atoms with Crippen molar-refractivity contribution in [3.8, 4) is 0 Å². The van der Waals surface area contributed by atoms with Crippen LogP contribution in [0.2, 0.25) is 0 Å². The van der Waals surface area contributed by atoms with Crippen molar-refractivity contribution in [1.29, 1.82) is 0 Å². The Hall–Kier alpha value is -0.930. The molecule has 0 radical (unpaired) electrons. The van der Waals surface area contributed by atoms with Crippen molar-refractivity contribution >= 4 is 0 Å². The molecule has 2 heterocycles. The first-order valence-electron chi connectivity index (χ1n) is 5.16. The second-order valence-electron chi connectivity index (χ2n) is 3.84. The van der Waals surface area contributed by atoms with Crippen LogP contribution in [0.5, 0.6) is 0 Å². The van der Waals surface area contributed by atoms with E-state index in [-0.39, 0.29) is 6.10 Å². The number of aromatic nitrogens is 1. The topological polar surface area (TPSA) is 45.2 Å². The standard InChI is InChI=1S/C11H16N2O/c14-11(9-3-1-5-12-7-9)10-4-2-6-13-8-10/h1,3,5,7,10-11,13-14H,2,4,6,8H2. The average Bonchev–Trinajstić information content (AvgIpc) is 2.30. The number of rotatable bonds is 2. The molecule has 2 rings (SSSR count). The van der Waals surface area contributed by atoms with Crippen molar-refractivity contribution in [2.24, 2.45) is 5.92 Å². The molecular formula is C11H16N2O. The highest BCUT2D eigenvalue weighted by Gasteiger charge is 2.22. The van der Waals surface area contributed by atoms with Crippen molar-refractivity contribution in [1.82, 2.24) is 10.3 Å². The molecule has 2 unspecified atom stereocenters. The molecule has 0 saturated carbocycles. The van der Waals surface area contributed by atoms with Crippen LogP contribution in [0.15, 0.2) is 24.5 Å². The van der Waals surface area contributed by atoms with Crippen molar-refractivity contribution in [2.45, 2.75) is 18.9 Å². The third kappa shape index (κ3) is 2.11. The molecular weight excluding hydrogens is 176 g/mol. The zero-order valence-electron chi connectivity index (χ0n) is 8.19. The molecule has 2 atom stereocenters. The number of hydrogen-bond acceptors (Lipinski definition) is 3. The van der Waals surface area contributed by atoms with Gasteiger partial charge < -0.3 is 10.4 Å². The quantitative estimate of drug-likeness (QED) is 0.738. The molecule has 76 valence electrons. The Balaban J connectivity index is 2.03. The van der Waals surface area contributed by atoms with E-state index >= 15 is 0 Å². The molecule has 0 aromatic carbocycles. The van der Waals surface area contributed by atoms with E-state index in [1.807, 2.05) is 12.1 Å². The third-order valence-corrected chi connectivity index (χ3v) is 2.81. The molecule has 2 N–H and O–H groups in total. The van der Waals surface area contributed by atoms with Crippen LogP contribution >= 0.6 is 0 Å². The fourth-order valence-corrected chi connectivity index (χ4v) is 1.97. The number of nitrogens with one attached hydrogen (secondary N) is 1. The van der Waals surface area contributed by atoms with E-state index in [0.717, 1.165) is 31.5 Å². The Labute approximate surface area is 84.2 Å². The minimum absolute atomic E-state index is 0.341. The monoisotopic (exact) mass is 192 g/mol. The van der Waals surface area contributed by atoms with E-state index in [2.05, 4.69) is 10.3 Å². The summed E-state index contributed by atoms with van der Waals surface area (Å²) >= 11 is 0. The summed E-state index contributed by atoms with van der Waals surface area (Å²) in [6.07, 6.45) is 5.37. The second-order valence-corrected chi connectivity index (χ2v) is 3.84. The highest BCUT2D eigenvalue weighted by Crippen LogP contribution is 2.26. The zero-order chi connectivity index (χ0) is 9.80. The van der Waals surface area contributed by atoms with Crippen molar-refractivity contribution < 1.29 is 5.11 Å². The lowest BCUT2D eigenvalue weighted by molar-refractivity contribution is 0.0919. The van der Waals surface area contributed by atoms with E-state index in [0.29, 0.717) is 5.92 Å². The van der Waals surface area contributed by atoms with Gasteiger partial charge >= 0.3 is 0 Å². The molecule has 14 heavy (non-hydrogen) atoms. The van der Waals surface area contributed by atoms with Crippen LogP contribution in [0.25, 0.3) is 0 Å². The lowest BCUT2D eigenvalue weighted by Gasteiger charge is -2.27. The predicted octanol–water partition coefficient (Wildman–Crippen LogP) is 1.11. The van der Waals surface area contributed by atoms with Gasteiger partial charge in [-0.15, -0.1) is 0 Å². The lowest BCUT2D eigenvalue weighted by atomic mass is 9.90. The van der Waals surface area contributed by atoms with Gasteiger partial charge in [0.1, 0.15) is 0 Å². The number of aliphatic hydroxyl groups excluding tert-OH is 1. The maximum absolute atomic E-state index is 10.1. The molecule has 0 aliphatic carbocycles. The molecule has 1 aliphatic rings. The van der Waals surface area contributed by atoms with Crippen LogP contribution in [-0.2, 0) is 0 Å². The van der Waals surface area contributed by atoms with Gasteiger partial charge in [0, 0.05) is 24.9 Å². The summed E-state index contributed by atoms with van der Waals surface area (Å²) < 4.78 is 0. The fourth-order valence-electron chi connectivity index (χ4n) is 1.97. The van der Waals surface area contributed by atoms with E-state index < -0.39 is 0 Å². The molecule has 0 amide bonds. The van der Waals surface area contributed by atoms with Crippen LogP contribution in [-0.4, -0.2) is 23.2 Å². The van der Waals surface area contributed by atoms with Gasteiger partial charge in [-0.3, -0.25) is 4.98 Å². The van der Waals surface area contributed by atoms with E-state index in [1.165, 1.54) is 0 Å². The summed E-state index contributed by atoms with van der Waals surface area (Å²) in [7, 11) is 0. The molecule has 3 nitrogen and oxygen atoms in total. The van der Waals surface area contributed by atoms with E-state index in [9.17, 15) is 5.11 Å². The highest BCUT2D eigenvalue weighted by molar-refractivity contribution is 5.13. The summed E-state index contributed by atoms with van der Waals surface area (Å²) in [6, 6.07) is 3.81. The number of hydrogen-bond donors (Lipinski definition) is 2. The van der Waals surface area contributed by atoms with Gasteiger partial charge in [-0.2, -0.15) is 0 Å². The maximum atomic E-state index is 10.1. The molecule has 1 aliphatic heterocycles. The van der Waals surface area contributed by atoms with Gasteiger partial charge in [0.25, 0.3) is 0 Å². The number of aliphatic hydroxyl groups is 1. The first-order chi connectivity index (χ1) is 6.88. The summed E-state index contributed by atoms with van der Waals surface area (Å²) in [5.41, 5.74) is 0.932. The Morgan fingerprint density at radius 3 is 3.14 bits per heavy atom. The van der Waals surface area contributed by atoms with Crippen LogP contribution in [0.1, 0.15) is 24.5 Å². The van der Waals surface area contributed by atoms with E-state index in [4.69, 9.17) is 0 Å². The molecule has 1 aromatic heterocycles. The van der Waals surface area contributed by atoms with Gasteiger partial charge in [-0.1, -0.05) is 6.07 Å². The van der Waals surface area contributed by atoms with Crippen LogP contribution < -0.4 is 5.32 Å². The second kappa shape index (κ2) is 4.53. The van der Waals surface area contributed by atoms with Crippen LogP contribution in [0, 0.1) is 5.92 Å². The third-order valence-electron chi connectivity index (χ3n) is 2.81. The van der Waals surface area contributed by atoms with Crippen LogP contribution in [0.3, 0.4) is 0 Å². The van der Waals surface area contributed by atoms with Crippen molar-refractivity contribution in [2.75, 3.05) is 13.1 Å². The summed E-state index contributed by atoms with van der Waals surface area (Å²) in [6.45, 7) is 1.99. The smallest absolute Gasteiger partial charge is 0.0845 e. The molecule has 3 heteroatoms. The van der Waals surface area contributed by atoms with Gasteiger partial charge in [-0.05, 0) is 31.0 Å². The molecule has 1 aromatic rings. The lowest BCUT2D eigenvalue weighted by Crippen LogP contribution is -2.33. The van der Waals surface area contributed by atoms with Crippen LogP contribution in [0.4, 0.5) is 0 Å². The van der Waals surface area contributed by atoms with Crippen molar-refractivity contribution in [3.05, 3.63) is 30.1 Å². The predicted molar refractivity (Wildman–Crippen MR) is 54.8 cm³/mol. The summed E-state index contributed by atoms with van der Waals surface area (Å²) in [4.78, 5) is 4.02. The van der Waals surface area contributed by atoms with Gasteiger partial charge in [0.15, 0.2) is 0 Å². The first-order valence-corrected chi connectivity index (χ1v) is 5.16. The average molecular weight is 192 g/mol. The van der Waals surface area contributed by atoms with Gasteiger partial charge in [0.05, 0.1) is 6.10 Å². The summed E-state index contributed by atoms with van der Waals surface area (Å²) in [5, 5.41) is 13.4. The fraction of sp³-hybridized carbons (Fsp3) is 0.545. The maximum Gasteiger partial charge on any atom is 0.0845 e. The summed E-state index contributed by atoms with van der Waals surface area (Å²) in [5.74, 6) is 0.341.